The van der Waals surface area contributed by atoms with E-state index in [1.54, 1.807) is 6.20 Å². The number of benzene rings is 2. The van der Waals surface area contributed by atoms with E-state index in [0.717, 1.165) is 21.9 Å². The van der Waals surface area contributed by atoms with Crippen LogP contribution in [0, 0.1) is 11.3 Å². The Balaban J connectivity index is 2.23. The number of nitrogens with one attached hydrogen (secondary N) is 1. The maximum absolute atomic E-state index is 8.93. The molecule has 0 fully saturated rings. The second kappa shape index (κ2) is 3.56. The fraction of sp³-hybridized carbons (Fsp3) is 0. The predicted octanol–water partition coefficient (Wildman–Crippen LogP) is 3.74. The number of H-pyrrole nitrogens is 1. The lowest BCUT2D eigenvalue weighted by Crippen LogP contribution is -1.83. The van der Waals surface area contributed by atoms with Gasteiger partial charge in [0.2, 0.25) is 0 Å². The molecule has 0 spiro atoms. The maximum atomic E-state index is 8.93. The van der Waals surface area contributed by atoms with Crippen LogP contribution in [0.15, 0.2) is 48.7 Å². The predicted molar refractivity (Wildman–Crippen MR) is 75.8 cm³/mol. The van der Waals surface area contributed by atoms with E-state index in [1.807, 2.05) is 24.3 Å². The highest BCUT2D eigenvalue weighted by atomic mass is 14.8. The molecule has 88 valence electrons. The molecule has 0 amide bonds. The molecule has 4 rings (SSSR count). The fourth-order valence-corrected chi connectivity index (χ4v) is 2.58. The molecule has 0 saturated carbocycles. The molecule has 0 aliphatic rings. The van der Waals surface area contributed by atoms with Gasteiger partial charge in [0.05, 0.1) is 16.6 Å². The zero-order chi connectivity index (χ0) is 12.8. The van der Waals surface area contributed by atoms with Crippen molar-refractivity contribution in [2.24, 2.45) is 0 Å². The van der Waals surface area contributed by atoms with Crippen LogP contribution < -0.4 is 0 Å². The number of para-hydroxylation sites is 1. The van der Waals surface area contributed by atoms with Crippen molar-refractivity contribution in [3.8, 4) is 6.07 Å². The highest BCUT2D eigenvalue weighted by Gasteiger charge is 2.08. The maximum Gasteiger partial charge on any atom is 0.101 e. The largest absolute Gasteiger partial charge is 0.353 e. The first-order valence-electron chi connectivity index (χ1n) is 6.06. The zero-order valence-corrected chi connectivity index (χ0v) is 10.0. The van der Waals surface area contributed by atoms with Gasteiger partial charge >= 0.3 is 0 Å². The third-order valence-electron chi connectivity index (χ3n) is 3.46. The number of hydrogen-bond donors (Lipinski definition) is 1. The number of nitriles is 1. The zero-order valence-electron chi connectivity index (χ0n) is 10.0. The lowest BCUT2D eigenvalue weighted by molar-refractivity contribution is 1.37. The summed E-state index contributed by atoms with van der Waals surface area (Å²) in [5.74, 6) is 0. The van der Waals surface area contributed by atoms with E-state index in [4.69, 9.17) is 5.26 Å². The summed E-state index contributed by atoms with van der Waals surface area (Å²) in [6, 6.07) is 16.3. The number of rotatable bonds is 0. The number of aromatic nitrogens is 2. The molecule has 0 atom stereocenters. The average molecular weight is 243 g/mol. The molecule has 0 radical (unpaired) electrons. The highest BCUT2D eigenvalue weighted by Crippen LogP contribution is 2.30. The first-order valence-corrected chi connectivity index (χ1v) is 6.06. The Morgan fingerprint density at radius 3 is 2.84 bits per heavy atom. The van der Waals surface area contributed by atoms with Gasteiger partial charge in [0, 0.05) is 27.9 Å². The number of aromatic amines is 1. The van der Waals surface area contributed by atoms with Crippen LogP contribution in [-0.4, -0.2) is 9.97 Å². The summed E-state index contributed by atoms with van der Waals surface area (Å²) >= 11 is 0. The van der Waals surface area contributed by atoms with Gasteiger partial charge in [-0.15, -0.1) is 0 Å². The molecule has 1 N–H and O–H groups in total. The molecule has 0 aliphatic carbocycles. The van der Waals surface area contributed by atoms with E-state index in [1.165, 1.54) is 10.8 Å². The molecule has 2 heterocycles. The van der Waals surface area contributed by atoms with Gasteiger partial charge in [0.15, 0.2) is 0 Å². The first-order chi connectivity index (χ1) is 9.36. The summed E-state index contributed by atoms with van der Waals surface area (Å²) in [5.41, 5.74) is 3.63. The molecule has 0 saturated heterocycles. The Morgan fingerprint density at radius 1 is 1.05 bits per heavy atom. The van der Waals surface area contributed by atoms with Crippen molar-refractivity contribution >= 4 is 32.7 Å². The van der Waals surface area contributed by atoms with Crippen molar-refractivity contribution in [2.45, 2.75) is 0 Å². The Morgan fingerprint density at radius 2 is 1.95 bits per heavy atom. The molecule has 19 heavy (non-hydrogen) atoms. The molecular formula is C16H9N3. The van der Waals surface area contributed by atoms with Crippen LogP contribution in [0.1, 0.15) is 5.56 Å². The summed E-state index contributed by atoms with van der Waals surface area (Å²) < 4.78 is 0. The van der Waals surface area contributed by atoms with Crippen LogP contribution in [-0.2, 0) is 0 Å². The van der Waals surface area contributed by atoms with Crippen molar-refractivity contribution in [1.29, 1.82) is 5.26 Å². The second-order valence-corrected chi connectivity index (χ2v) is 4.57. The summed E-state index contributed by atoms with van der Waals surface area (Å²) in [4.78, 5) is 7.83. The van der Waals surface area contributed by atoms with Gasteiger partial charge in [-0.3, -0.25) is 4.98 Å². The van der Waals surface area contributed by atoms with Crippen LogP contribution >= 0.6 is 0 Å². The van der Waals surface area contributed by atoms with E-state index < -0.39 is 0 Å². The third-order valence-corrected chi connectivity index (χ3v) is 3.46. The summed E-state index contributed by atoms with van der Waals surface area (Å²) in [5, 5.41) is 12.3. The van der Waals surface area contributed by atoms with Crippen LogP contribution in [0.4, 0.5) is 0 Å². The summed E-state index contributed by atoms with van der Waals surface area (Å²) in [6.07, 6.45) is 1.62. The number of fused-ring (bicyclic) bond motifs is 5. The van der Waals surface area contributed by atoms with Gasteiger partial charge in [-0.2, -0.15) is 5.26 Å². The highest BCUT2D eigenvalue weighted by molar-refractivity contribution is 6.15. The third kappa shape index (κ3) is 1.34. The van der Waals surface area contributed by atoms with Crippen molar-refractivity contribution in [3.63, 3.8) is 0 Å². The molecule has 3 nitrogen and oxygen atoms in total. The van der Waals surface area contributed by atoms with Gasteiger partial charge in [-0.05, 0) is 12.1 Å². The quantitative estimate of drug-likeness (QED) is 0.511. The molecular weight excluding hydrogens is 234 g/mol. The van der Waals surface area contributed by atoms with Crippen molar-refractivity contribution in [2.75, 3.05) is 0 Å². The molecule has 3 heteroatoms. The Labute approximate surface area is 109 Å². The molecule has 2 aromatic heterocycles. The van der Waals surface area contributed by atoms with E-state index >= 15 is 0 Å². The van der Waals surface area contributed by atoms with E-state index in [0.29, 0.717) is 5.56 Å². The van der Waals surface area contributed by atoms with Gasteiger partial charge < -0.3 is 4.98 Å². The van der Waals surface area contributed by atoms with Gasteiger partial charge in [0.25, 0.3) is 0 Å². The summed E-state index contributed by atoms with van der Waals surface area (Å²) in [7, 11) is 0. The second-order valence-electron chi connectivity index (χ2n) is 4.57. The minimum atomic E-state index is 0.586. The molecule has 4 aromatic rings. The van der Waals surface area contributed by atoms with Crippen molar-refractivity contribution in [3.05, 3.63) is 54.2 Å². The van der Waals surface area contributed by atoms with Crippen LogP contribution in [0.5, 0.6) is 0 Å². The smallest absolute Gasteiger partial charge is 0.101 e. The molecule has 2 aromatic carbocycles. The fourth-order valence-electron chi connectivity index (χ4n) is 2.58. The topological polar surface area (TPSA) is 52.5 Å². The molecule has 0 unspecified atom stereocenters. The van der Waals surface area contributed by atoms with Crippen molar-refractivity contribution in [1.82, 2.24) is 9.97 Å². The van der Waals surface area contributed by atoms with Gasteiger partial charge in [-0.25, -0.2) is 0 Å². The van der Waals surface area contributed by atoms with Crippen LogP contribution in [0.25, 0.3) is 32.7 Å². The monoisotopic (exact) mass is 243 g/mol. The lowest BCUT2D eigenvalue weighted by atomic mass is 10.1. The minimum Gasteiger partial charge on any atom is -0.353 e. The van der Waals surface area contributed by atoms with Gasteiger partial charge in [-0.1, -0.05) is 30.3 Å². The number of pyridine rings is 1. The van der Waals surface area contributed by atoms with E-state index in [-0.39, 0.29) is 0 Å². The lowest BCUT2D eigenvalue weighted by Gasteiger charge is -1.99. The number of nitrogens with zero attached hydrogens (tertiary/aromatic N) is 2. The average Bonchev–Trinajstić information content (AvgIpc) is 2.85. The Kier molecular flexibility index (Phi) is 1.89. The number of hydrogen-bond acceptors (Lipinski definition) is 2. The Bertz CT molecular complexity index is 974. The first kappa shape index (κ1) is 10.1. The normalized spacial score (nSPS) is 11.1. The van der Waals surface area contributed by atoms with Crippen LogP contribution in [0.2, 0.25) is 0 Å². The molecule has 0 bridgehead atoms. The van der Waals surface area contributed by atoms with Crippen molar-refractivity contribution < 1.29 is 0 Å². The van der Waals surface area contributed by atoms with Gasteiger partial charge in [0.1, 0.15) is 6.07 Å². The van der Waals surface area contributed by atoms with E-state index in [9.17, 15) is 0 Å². The van der Waals surface area contributed by atoms with Crippen LogP contribution in [0.3, 0.4) is 0 Å². The van der Waals surface area contributed by atoms with E-state index in [2.05, 4.69) is 34.2 Å². The SMILES string of the molecule is N#Cc1cnc2c(ccc3c4ccccc4[nH]c32)c1. The molecule has 0 aliphatic heterocycles. The summed E-state index contributed by atoms with van der Waals surface area (Å²) in [6.45, 7) is 0. The minimum absolute atomic E-state index is 0.586. The standard InChI is InChI=1S/C16H9N3/c17-8-10-7-11-5-6-13-12-3-1-2-4-14(12)19-16(13)15(11)18-9-10/h1-7,9,19H. The Hall–Kier alpha value is -2.86.